The van der Waals surface area contributed by atoms with Gasteiger partial charge in [-0.3, -0.25) is 19.7 Å². The van der Waals surface area contributed by atoms with Crippen LogP contribution in [0.5, 0.6) is 5.88 Å². The van der Waals surface area contributed by atoms with Crippen molar-refractivity contribution in [2.45, 2.75) is 25.3 Å². The minimum atomic E-state index is -0.506. The molecule has 2 aliphatic rings. The van der Waals surface area contributed by atoms with E-state index >= 15 is 0 Å². The number of aromatic amines is 2. The summed E-state index contributed by atoms with van der Waals surface area (Å²) in [6.45, 7) is 4.97. The van der Waals surface area contributed by atoms with E-state index in [0.29, 0.717) is 33.5 Å². The van der Waals surface area contributed by atoms with E-state index in [1.165, 1.54) is 11.3 Å². The van der Waals surface area contributed by atoms with Gasteiger partial charge in [0.15, 0.2) is 11.1 Å². The lowest BCUT2D eigenvalue weighted by Crippen LogP contribution is -2.38. The lowest BCUT2D eigenvalue weighted by atomic mass is 10.3. The third kappa shape index (κ3) is 5.39. The van der Waals surface area contributed by atoms with Crippen molar-refractivity contribution in [1.29, 1.82) is 0 Å². The van der Waals surface area contributed by atoms with Crippen molar-refractivity contribution >= 4 is 29.0 Å². The summed E-state index contributed by atoms with van der Waals surface area (Å²) >= 11 is 1.37. The van der Waals surface area contributed by atoms with Gasteiger partial charge in [0.2, 0.25) is 5.88 Å². The van der Waals surface area contributed by atoms with Crippen LogP contribution in [0.4, 0.5) is 0 Å². The Bertz CT molecular complexity index is 1640. The van der Waals surface area contributed by atoms with Crippen LogP contribution in [0.15, 0.2) is 34.2 Å². The van der Waals surface area contributed by atoms with Gasteiger partial charge >= 0.3 is 5.69 Å². The zero-order valence-electron chi connectivity index (χ0n) is 20.6. The molecule has 13 heteroatoms. The van der Waals surface area contributed by atoms with Crippen LogP contribution in [0.2, 0.25) is 0 Å². The number of nitrogens with zero attached hydrogens (tertiary/aromatic N) is 5. The van der Waals surface area contributed by atoms with Crippen molar-refractivity contribution in [2.24, 2.45) is 4.99 Å². The zero-order valence-corrected chi connectivity index (χ0v) is 21.5. The standard InChI is InChI=1S/C25H28N8O4S/c34-23-18(30-25(36)31-23)12-15-14-27-33-21(28-16-2-3-16)13-17(29-22(15)33)19-4-5-20(38-19)24(35)26-6-1-7-32-8-10-37-11-9-32/h4-5,12-14,16,34H,1-3,6-11H2,(H,26,35)(H2,30,31,36). The summed E-state index contributed by atoms with van der Waals surface area (Å²) in [6, 6.07) is 5.85. The van der Waals surface area contributed by atoms with Crippen LogP contribution in [0.25, 0.3) is 22.3 Å². The van der Waals surface area contributed by atoms with Gasteiger partial charge in [0.25, 0.3) is 5.91 Å². The molecule has 0 atom stereocenters. The first kappa shape index (κ1) is 24.5. The van der Waals surface area contributed by atoms with E-state index in [1.54, 1.807) is 16.8 Å². The zero-order chi connectivity index (χ0) is 26.1. The Balaban J connectivity index is 1.25. The van der Waals surface area contributed by atoms with E-state index in [9.17, 15) is 14.7 Å². The Morgan fingerprint density at radius 1 is 1.29 bits per heavy atom. The molecular weight excluding hydrogens is 508 g/mol. The summed E-state index contributed by atoms with van der Waals surface area (Å²) < 4.78 is 7.03. The maximum atomic E-state index is 12.8. The van der Waals surface area contributed by atoms with E-state index in [1.807, 2.05) is 18.2 Å². The van der Waals surface area contributed by atoms with Gasteiger partial charge in [0.05, 0.1) is 40.9 Å². The predicted molar refractivity (Wildman–Crippen MR) is 141 cm³/mol. The van der Waals surface area contributed by atoms with Crippen LogP contribution in [0.3, 0.4) is 0 Å². The van der Waals surface area contributed by atoms with Crippen LogP contribution in [0.1, 0.15) is 34.6 Å². The second-order valence-corrected chi connectivity index (χ2v) is 10.5. The van der Waals surface area contributed by atoms with E-state index in [4.69, 9.17) is 14.7 Å². The number of aromatic hydroxyl groups is 1. The molecule has 4 aromatic rings. The number of fused-ring (bicyclic) bond motifs is 1. The summed E-state index contributed by atoms with van der Waals surface area (Å²) in [5, 5.41) is 18.1. The monoisotopic (exact) mass is 536 g/mol. The average Bonchev–Trinajstić information content (AvgIpc) is 3.29. The average molecular weight is 537 g/mol. The maximum absolute atomic E-state index is 12.8. The molecule has 198 valence electrons. The lowest BCUT2D eigenvalue weighted by molar-refractivity contribution is 0.0374. The van der Waals surface area contributed by atoms with Crippen LogP contribution in [0, 0.1) is 0 Å². The smallest absolute Gasteiger partial charge is 0.326 e. The molecule has 0 unspecified atom stereocenters. The number of aromatic nitrogens is 5. The normalized spacial score (nSPS) is 17.5. The first-order chi connectivity index (χ1) is 18.5. The molecule has 4 N–H and O–H groups in total. The number of rotatable bonds is 8. The predicted octanol–water partition coefficient (Wildman–Crippen LogP) is 0.243. The highest BCUT2D eigenvalue weighted by molar-refractivity contribution is 7.17. The molecule has 0 bridgehead atoms. The van der Waals surface area contributed by atoms with Crippen LogP contribution in [-0.4, -0.2) is 85.9 Å². The van der Waals surface area contributed by atoms with Gasteiger partial charge < -0.3 is 20.1 Å². The van der Waals surface area contributed by atoms with Crippen LogP contribution in [-0.2, 0) is 4.74 Å². The molecule has 0 aromatic carbocycles. The molecule has 1 aliphatic carbocycles. The molecule has 6 rings (SSSR count). The van der Waals surface area contributed by atoms with E-state index in [2.05, 4.69) is 25.3 Å². The number of nitrogens with one attached hydrogen (secondary N) is 3. The number of carbonyl (C=O) groups is 1. The third-order valence-electron chi connectivity index (χ3n) is 6.50. The number of ether oxygens (including phenoxy) is 1. The number of H-pyrrole nitrogens is 2. The molecule has 1 amide bonds. The molecule has 1 saturated carbocycles. The molecular formula is C25H28N8O4S. The highest BCUT2D eigenvalue weighted by Gasteiger charge is 2.21. The number of morpholine rings is 1. The van der Waals surface area contributed by atoms with E-state index < -0.39 is 5.69 Å². The third-order valence-corrected chi connectivity index (χ3v) is 7.61. The molecule has 38 heavy (non-hydrogen) atoms. The number of amides is 1. The molecule has 1 aliphatic heterocycles. The molecule has 1 saturated heterocycles. The fraction of sp³-hybridized carbons (Fsp3) is 0.400. The minimum Gasteiger partial charge on any atom is -0.493 e. The Morgan fingerprint density at radius 3 is 2.89 bits per heavy atom. The Kier molecular flexibility index (Phi) is 6.79. The fourth-order valence-electron chi connectivity index (χ4n) is 4.34. The Labute approximate surface area is 220 Å². The van der Waals surface area contributed by atoms with Crippen molar-refractivity contribution < 1.29 is 14.6 Å². The summed E-state index contributed by atoms with van der Waals surface area (Å²) in [4.78, 5) is 42.6. The first-order valence-electron chi connectivity index (χ1n) is 12.7. The minimum absolute atomic E-state index is 0.0996. The van der Waals surface area contributed by atoms with E-state index in [-0.39, 0.29) is 23.5 Å². The van der Waals surface area contributed by atoms with Gasteiger partial charge in [-0.05, 0) is 44.0 Å². The van der Waals surface area contributed by atoms with Gasteiger partial charge in [-0.25, -0.2) is 9.78 Å². The summed E-state index contributed by atoms with van der Waals surface area (Å²) in [6.07, 6.45) is 6.18. The van der Waals surface area contributed by atoms with Crippen LogP contribution >= 0.6 is 11.3 Å². The number of thiophene rings is 1. The fourth-order valence-corrected chi connectivity index (χ4v) is 5.22. The molecule has 12 nitrogen and oxygen atoms in total. The number of hydrogen-bond donors (Lipinski definition) is 4. The second kappa shape index (κ2) is 10.5. The Hall–Kier alpha value is -3.81. The van der Waals surface area contributed by atoms with Crippen molar-refractivity contribution in [3.8, 4) is 16.5 Å². The molecule has 2 fully saturated rings. The van der Waals surface area contributed by atoms with Gasteiger partial charge in [0, 0.05) is 30.9 Å². The first-order valence-corrected chi connectivity index (χ1v) is 13.5. The van der Waals surface area contributed by atoms with Crippen molar-refractivity contribution in [2.75, 3.05) is 39.4 Å². The number of imidazole rings is 1. The Morgan fingerprint density at radius 2 is 2.13 bits per heavy atom. The SMILES string of the molecule is O=C(NCCCN1CCOCC1)c1ccc(-c2cc(=NC3CC3)n3ncc(=Cc4[nH]c(=O)[nH]c4O)c3n2)s1. The largest absolute Gasteiger partial charge is 0.493 e. The lowest BCUT2D eigenvalue weighted by Gasteiger charge is -2.26. The van der Waals surface area contributed by atoms with Crippen molar-refractivity contribution in [3.63, 3.8) is 0 Å². The highest BCUT2D eigenvalue weighted by atomic mass is 32.1. The van der Waals surface area contributed by atoms with Gasteiger partial charge in [-0.15, -0.1) is 11.3 Å². The molecule has 0 spiro atoms. The summed E-state index contributed by atoms with van der Waals surface area (Å²) in [5.74, 6) is -0.357. The van der Waals surface area contributed by atoms with Gasteiger partial charge in [-0.1, -0.05) is 0 Å². The van der Waals surface area contributed by atoms with Crippen LogP contribution < -0.4 is 21.7 Å². The van der Waals surface area contributed by atoms with E-state index in [0.717, 1.165) is 57.0 Å². The second-order valence-electron chi connectivity index (χ2n) is 9.41. The van der Waals surface area contributed by atoms with Gasteiger partial charge in [-0.2, -0.15) is 9.61 Å². The van der Waals surface area contributed by atoms with Gasteiger partial charge in [0.1, 0.15) is 5.69 Å². The van der Waals surface area contributed by atoms with Crippen molar-refractivity contribution in [3.05, 3.63) is 56.2 Å². The molecule has 0 radical (unpaired) electrons. The topological polar surface area (TPSA) is 153 Å². The summed E-state index contributed by atoms with van der Waals surface area (Å²) in [7, 11) is 0. The quantitative estimate of drug-likeness (QED) is 0.235. The number of carbonyl (C=O) groups excluding carboxylic acids is 1. The number of hydrogen-bond acceptors (Lipinski definition) is 9. The van der Waals surface area contributed by atoms with Crippen molar-refractivity contribution in [1.82, 2.24) is 34.8 Å². The molecule has 5 heterocycles. The molecule has 4 aromatic heterocycles. The highest BCUT2D eigenvalue weighted by Crippen LogP contribution is 2.27. The maximum Gasteiger partial charge on any atom is 0.326 e. The summed E-state index contributed by atoms with van der Waals surface area (Å²) in [5.41, 5.74) is 1.61.